The summed E-state index contributed by atoms with van der Waals surface area (Å²) < 4.78 is 60.0. The van der Waals surface area contributed by atoms with E-state index in [0.717, 1.165) is 24.3 Å². The molecule has 0 amide bonds. The van der Waals surface area contributed by atoms with Gasteiger partial charge in [-0.05, 0) is 50.1 Å². The van der Waals surface area contributed by atoms with Gasteiger partial charge in [-0.1, -0.05) is 6.07 Å². The van der Waals surface area contributed by atoms with Crippen LogP contribution in [0.5, 0.6) is 0 Å². The number of rotatable bonds is 7. The van der Waals surface area contributed by atoms with Crippen molar-refractivity contribution < 1.29 is 22.4 Å². The molecule has 6 nitrogen and oxygen atoms in total. The number of benzene rings is 2. The third-order valence-electron chi connectivity index (χ3n) is 4.64. The number of hydrogen-bond donors (Lipinski definition) is 3. The van der Waals surface area contributed by atoms with Crippen molar-refractivity contribution in [2.24, 2.45) is 0 Å². The van der Waals surface area contributed by atoms with Crippen LogP contribution in [0.25, 0.3) is 11.0 Å². The molecule has 0 unspecified atom stereocenters. The third-order valence-corrected chi connectivity index (χ3v) is 5.56. The lowest BCUT2D eigenvalue weighted by Gasteiger charge is -2.12. The van der Waals surface area contributed by atoms with Crippen LogP contribution in [-0.2, 0) is 0 Å². The molecule has 0 aliphatic rings. The molecular formula is C22H17F4N5OS. The van der Waals surface area contributed by atoms with Crippen LogP contribution in [0, 0.1) is 23.3 Å². The first-order chi connectivity index (χ1) is 15.8. The second-order valence-corrected chi connectivity index (χ2v) is 8.13. The van der Waals surface area contributed by atoms with E-state index in [0.29, 0.717) is 23.4 Å². The highest BCUT2D eigenvalue weighted by atomic mass is 32.2. The van der Waals surface area contributed by atoms with E-state index in [1.807, 2.05) is 13.8 Å². The lowest BCUT2D eigenvalue weighted by molar-refractivity contribution is 0.103. The van der Waals surface area contributed by atoms with E-state index in [1.165, 1.54) is 18.6 Å². The maximum absolute atomic E-state index is 15.2. The molecule has 0 aliphatic heterocycles. The number of nitrogens with zero attached hydrogens (tertiary/aromatic N) is 2. The van der Waals surface area contributed by atoms with Crippen LogP contribution in [-0.4, -0.2) is 26.8 Å². The van der Waals surface area contributed by atoms with E-state index in [2.05, 4.69) is 25.0 Å². The fraction of sp³-hybridized carbons (Fsp3) is 0.136. The molecule has 0 saturated carbocycles. The highest BCUT2D eigenvalue weighted by molar-refractivity contribution is 8.00. The minimum Gasteiger partial charge on any atom is -0.367 e. The Morgan fingerprint density at radius 1 is 1.03 bits per heavy atom. The summed E-state index contributed by atoms with van der Waals surface area (Å²) in [5.74, 6) is -4.60. The molecule has 2 aromatic carbocycles. The van der Waals surface area contributed by atoms with Crippen LogP contribution in [0.1, 0.15) is 29.8 Å². The zero-order valence-corrected chi connectivity index (χ0v) is 18.2. The molecule has 3 N–H and O–H groups in total. The quantitative estimate of drug-likeness (QED) is 0.181. The van der Waals surface area contributed by atoms with Crippen LogP contribution in [0.4, 0.5) is 29.1 Å². The number of carbonyl (C=O) groups is 1. The lowest BCUT2D eigenvalue weighted by atomic mass is 10.0. The number of nitrogens with one attached hydrogen (secondary N) is 3. The van der Waals surface area contributed by atoms with Crippen molar-refractivity contribution in [3.05, 3.63) is 77.3 Å². The van der Waals surface area contributed by atoms with Crippen LogP contribution in [0.3, 0.4) is 0 Å². The number of hydrogen-bond acceptors (Lipinski definition) is 6. The molecule has 0 fully saturated rings. The predicted octanol–water partition coefficient (Wildman–Crippen LogP) is 5.68. The minimum atomic E-state index is -1.20. The Bertz CT molecular complexity index is 1340. The maximum atomic E-state index is 15.2. The molecule has 0 spiro atoms. The van der Waals surface area contributed by atoms with Gasteiger partial charge in [0, 0.05) is 12.2 Å². The van der Waals surface area contributed by atoms with Crippen LogP contribution in [0.2, 0.25) is 0 Å². The molecule has 2 heterocycles. The van der Waals surface area contributed by atoms with Crippen molar-refractivity contribution in [2.75, 3.05) is 10.0 Å². The lowest BCUT2D eigenvalue weighted by Crippen LogP contribution is -2.13. The Kier molecular flexibility index (Phi) is 6.23. The predicted molar refractivity (Wildman–Crippen MR) is 118 cm³/mol. The van der Waals surface area contributed by atoms with Crippen molar-refractivity contribution in [3.63, 3.8) is 0 Å². The van der Waals surface area contributed by atoms with Gasteiger partial charge in [-0.2, -0.15) is 0 Å². The summed E-state index contributed by atoms with van der Waals surface area (Å²) in [7, 11) is 0. The van der Waals surface area contributed by atoms with Crippen molar-refractivity contribution in [1.29, 1.82) is 0 Å². The molecule has 11 heteroatoms. The zero-order chi connectivity index (χ0) is 23.7. The van der Waals surface area contributed by atoms with E-state index in [9.17, 15) is 18.0 Å². The number of anilines is 2. The molecule has 4 rings (SSSR count). The number of ketones is 1. The molecule has 0 atom stereocenters. The summed E-state index contributed by atoms with van der Waals surface area (Å²) in [6, 6.07) is 5.19. The van der Waals surface area contributed by atoms with Crippen LogP contribution in [0.15, 0.2) is 47.8 Å². The highest BCUT2D eigenvalue weighted by Crippen LogP contribution is 2.32. The fourth-order valence-corrected chi connectivity index (χ4v) is 3.89. The number of aromatic nitrogens is 3. The first-order valence-electron chi connectivity index (χ1n) is 9.76. The Hall–Kier alpha value is -3.60. The second kappa shape index (κ2) is 9.10. The summed E-state index contributed by atoms with van der Waals surface area (Å²) in [6.07, 6.45) is 2.60. The van der Waals surface area contributed by atoms with Gasteiger partial charge in [-0.3, -0.25) is 4.79 Å². The molecule has 2 aromatic heterocycles. The Morgan fingerprint density at radius 3 is 2.45 bits per heavy atom. The Labute approximate surface area is 190 Å². The normalized spacial score (nSPS) is 11.2. The molecule has 4 aromatic rings. The maximum Gasteiger partial charge on any atom is 0.201 e. The summed E-state index contributed by atoms with van der Waals surface area (Å²) >= 11 is 0.467. The van der Waals surface area contributed by atoms with Crippen molar-refractivity contribution >= 4 is 40.3 Å². The first-order valence-corrected chi connectivity index (χ1v) is 10.6. The van der Waals surface area contributed by atoms with Crippen molar-refractivity contribution in [3.8, 4) is 0 Å². The molecule has 0 saturated heterocycles. The van der Waals surface area contributed by atoms with Gasteiger partial charge in [0.25, 0.3) is 0 Å². The van der Waals surface area contributed by atoms with E-state index >= 15 is 4.39 Å². The molecule has 0 aliphatic carbocycles. The van der Waals surface area contributed by atoms with Crippen LogP contribution >= 0.6 is 11.9 Å². The van der Waals surface area contributed by atoms with Gasteiger partial charge in [0.1, 0.15) is 35.2 Å². The highest BCUT2D eigenvalue weighted by Gasteiger charge is 2.26. The van der Waals surface area contributed by atoms with Gasteiger partial charge < -0.3 is 15.0 Å². The standard InChI is InChI=1S/C22H17F4N5OS/c1-10(2)30-22-16-11(8-27-21(16)28-9-29-22)19(32)17-12(23)6-7-15(18(17)26)31-33-20-13(24)4-3-5-14(20)25/h3-10,31H,1-2H3,(H2,27,28,29,30). The van der Waals surface area contributed by atoms with Gasteiger partial charge in [0.15, 0.2) is 5.82 Å². The van der Waals surface area contributed by atoms with Gasteiger partial charge in [-0.15, -0.1) is 0 Å². The number of fused-ring (bicyclic) bond motifs is 1. The largest absolute Gasteiger partial charge is 0.367 e. The SMILES string of the molecule is CC(C)Nc1ncnc2[nH]cc(C(=O)c3c(F)ccc(NSc4c(F)cccc4F)c3F)c12. The summed E-state index contributed by atoms with van der Waals surface area (Å²) in [5.41, 5.74) is -0.854. The monoisotopic (exact) mass is 475 g/mol. The van der Waals surface area contributed by atoms with Gasteiger partial charge in [0.2, 0.25) is 5.78 Å². The topological polar surface area (TPSA) is 82.7 Å². The van der Waals surface area contributed by atoms with E-state index in [-0.39, 0.29) is 22.7 Å². The third kappa shape index (κ3) is 4.36. The minimum absolute atomic E-state index is 0.0299. The summed E-state index contributed by atoms with van der Waals surface area (Å²) in [5, 5.41) is 3.36. The Morgan fingerprint density at radius 2 is 1.76 bits per heavy atom. The average Bonchev–Trinajstić information content (AvgIpc) is 3.19. The zero-order valence-electron chi connectivity index (χ0n) is 17.3. The summed E-state index contributed by atoms with van der Waals surface area (Å²) in [6.45, 7) is 3.74. The van der Waals surface area contributed by atoms with Gasteiger partial charge in [0.05, 0.1) is 27.1 Å². The van der Waals surface area contributed by atoms with E-state index < -0.39 is 39.5 Å². The fourth-order valence-electron chi connectivity index (χ4n) is 3.18. The number of aromatic amines is 1. The molecule has 170 valence electrons. The van der Waals surface area contributed by atoms with Crippen molar-refractivity contribution in [2.45, 2.75) is 24.8 Å². The second-order valence-electron chi connectivity index (χ2n) is 7.32. The Balaban J connectivity index is 1.72. The molecule has 0 radical (unpaired) electrons. The van der Waals surface area contributed by atoms with E-state index in [4.69, 9.17) is 0 Å². The van der Waals surface area contributed by atoms with Gasteiger partial charge >= 0.3 is 0 Å². The summed E-state index contributed by atoms with van der Waals surface area (Å²) in [4.78, 5) is 23.8. The number of carbonyl (C=O) groups excluding carboxylic acids is 1. The van der Waals surface area contributed by atoms with Crippen molar-refractivity contribution in [1.82, 2.24) is 15.0 Å². The average molecular weight is 475 g/mol. The first kappa shape index (κ1) is 22.6. The van der Waals surface area contributed by atoms with E-state index in [1.54, 1.807) is 0 Å². The number of halogens is 4. The van der Waals surface area contributed by atoms with Crippen LogP contribution < -0.4 is 10.0 Å². The molecule has 0 bridgehead atoms. The smallest absolute Gasteiger partial charge is 0.201 e. The van der Waals surface area contributed by atoms with Gasteiger partial charge in [-0.25, -0.2) is 27.5 Å². The molecule has 33 heavy (non-hydrogen) atoms. The molecular weight excluding hydrogens is 458 g/mol. The number of H-pyrrole nitrogens is 1.